The van der Waals surface area contributed by atoms with Crippen LogP contribution in [0.5, 0.6) is 0 Å². The van der Waals surface area contributed by atoms with Crippen molar-refractivity contribution >= 4 is 0 Å². The second kappa shape index (κ2) is 8.80. The second-order valence-electron chi connectivity index (χ2n) is 6.32. The van der Waals surface area contributed by atoms with Gasteiger partial charge in [-0.3, -0.25) is 4.90 Å². The van der Waals surface area contributed by atoms with Gasteiger partial charge in [0.1, 0.15) is 5.82 Å². The van der Waals surface area contributed by atoms with Crippen LogP contribution in [0.1, 0.15) is 23.6 Å². The SMILES string of the molecule is CCc1cccc(CN(CCN(C)C)Cc2cccc(F)c2)c1. The van der Waals surface area contributed by atoms with Crippen LogP contribution in [0.15, 0.2) is 48.5 Å². The van der Waals surface area contributed by atoms with Crippen molar-refractivity contribution in [3.05, 3.63) is 71.0 Å². The lowest BCUT2D eigenvalue weighted by molar-refractivity contribution is 0.226. The van der Waals surface area contributed by atoms with Crippen molar-refractivity contribution in [1.82, 2.24) is 9.80 Å². The molecule has 0 fully saturated rings. The zero-order chi connectivity index (χ0) is 16.7. The van der Waals surface area contributed by atoms with Crippen molar-refractivity contribution < 1.29 is 4.39 Å². The van der Waals surface area contributed by atoms with Gasteiger partial charge in [0.25, 0.3) is 0 Å². The fourth-order valence-corrected chi connectivity index (χ4v) is 2.66. The van der Waals surface area contributed by atoms with Gasteiger partial charge in [-0.05, 0) is 49.3 Å². The molecular weight excluding hydrogens is 287 g/mol. The number of benzene rings is 2. The predicted octanol–water partition coefficient (Wildman–Crippen LogP) is 3.95. The van der Waals surface area contributed by atoms with Crippen LogP contribution < -0.4 is 0 Å². The zero-order valence-corrected chi connectivity index (χ0v) is 14.4. The van der Waals surface area contributed by atoms with Crippen molar-refractivity contribution in [2.24, 2.45) is 0 Å². The molecule has 0 atom stereocenters. The fourth-order valence-electron chi connectivity index (χ4n) is 2.66. The van der Waals surface area contributed by atoms with Crippen LogP contribution >= 0.6 is 0 Å². The molecule has 0 bridgehead atoms. The van der Waals surface area contributed by atoms with E-state index in [2.05, 4.69) is 55.1 Å². The van der Waals surface area contributed by atoms with E-state index in [1.807, 2.05) is 6.07 Å². The number of likely N-dealkylation sites (N-methyl/N-ethyl adjacent to an activating group) is 1. The monoisotopic (exact) mass is 314 g/mol. The number of rotatable bonds is 8. The number of aryl methyl sites for hydroxylation is 1. The maximum atomic E-state index is 13.4. The Bertz CT molecular complexity index is 610. The predicted molar refractivity (Wildman–Crippen MR) is 94.9 cm³/mol. The Morgan fingerprint density at radius 1 is 0.826 bits per heavy atom. The van der Waals surface area contributed by atoms with Crippen LogP contribution in [0.3, 0.4) is 0 Å². The number of hydrogen-bond acceptors (Lipinski definition) is 2. The summed E-state index contributed by atoms with van der Waals surface area (Å²) in [5.74, 6) is -0.164. The highest BCUT2D eigenvalue weighted by Crippen LogP contribution is 2.13. The molecule has 0 heterocycles. The third kappa shape index (κ3) is 6.12. The lowest BCUT2D eigenvalue weighted by atomic mass is 10.1. The fraction of sp³-hybridized carbons (Fsp3) is 0.400. The Labute approximate surface area is 139 Å². The molecule has 0 aliphatic carbocycles. The number of halogens is 1. The Balaban J connectivity index is 2.09. The van der Waals surface area contributed by atoms with E-state index >= 15 is 0 Å². The van der Waals surface area contributed by atoms with Crippen LogP contribution in [0, 0.1) is 5.82 Å². The van der Waals surface area contributed by atoms with Crippen LogP contribution in [0.4, 0.5) is 4.39 Å². The third-order valence-electron chi connectivity index (χ3n) is 3.96. The molecule has 0 radical (unpaired) electrons. The van der Waals surface area contributed by atoms with E-state index in [0.717, 1.165) is 38.2 Å². The molecule has 0 aliphatic rings. The maximum absolute atomic E-state index is 13.4. The minimum atomic E-state index is -0.164. The normalized spacial score (nSPS) is 11.4. The summed E-state index contributed by atoms with van der Waals surface area (Å²) in [5, 5.41) is 0. The highest BCUT2D eigenvalue weighted by molar-refractivity contribution is 5.23. The van der Waals surface area contributed by atoms with Crippen molar-refractivity contribution in [2.75, 3.05) is 27.2 Å². The van der Waals surface area contributed by atoms with Crippen LogP contribution in [-0.4, -0.2) is 37.0 Å². The lowest BCUT2D eigenvalue weighted by Crippen LogP contribution is -2.31. The largest absolute Gasteiger partial charge is 0.308 e. The first-order chi connectivity index (χ1) is 11.1. The molecule has 2 nitrogen and oxygen atoms in total. The van der Waals surface area contributed by atoms with E-state index in [-0.39, 0.29) is 5.82 Å². The van der Waals surface area contributed by atoms with E-state index < -0.39 is 0 Å². The Morgan fingerprint density at radius 2 is 1.43 bits per heavy atom. The van der Waals surface area contributed by atoms with Crippen LogP contribution in [0.25, 0.3) is 0 Å². The molecule has 0 saturated carbocycles. The number of hydrogen-bond donors (Lipinski definition) is 0. The first-order valence-corrected chi connectivity index (χ1v) is 8.26. The van der Waals surface area contributed by atoms with Gasteiger partial charge < -0.3 is 4.90 Å². The topological polar surface area (TPSA) is 6.48 Å². The molecule has 0 N–H and O–H groups in total. The summed E-state index contributed by atoms with van der Waals surface area (Å²) in [5.41, 5.74) is 3.70. The van der Waals surface area contributed by atoms with E-state index in [1.165, 1.54) is 17.2 Å². The molecule has 0 saturated heterocycles. The Kier molecular flexibility index (Phi) is 6.75. The summed E-state index contributed by atoms with van der Waals surface area (Å²) in [6.45, 7) is 5.78. The van der Waals surface area contributed by atoms with Gasteiger partial charge in [-0.2, -0.15) is 0 Å². The van der Waals surface area contributed by atoms with Gasteiger partial charge in [0, 0.05) is 26.2 Å². The highest BCUT2D eigenvalue weighted by Gasteiger charge is 2.09. The molecule has 0 aromatic heterocycles. The minimum absolute atomic E-state index is 0.164. The molecule has 0 spiro atoms. The Hall–Kier alpha value is -1.71. The summed E-state index contributed by atoms with van der Waals surface area (Å²) in [6, 6.07) is 15.6. The van der Waals surface area contributed by atoms with Gasteiger partial charge in [-0.15, -0.1) is 0 Å². The molecule has 2 aromatic rings. The third-order valence-corrected chi connectivity index (χ3v) is 3.96. The summed E-state index contributed by atoms with van der Waals surface area (Å²) in [7, 11) is 4.16. The van der Waals surface area contributed by atoms with Crippen molar-refractivity contribution in [1.29, 1.82) is 0 Å². The second-order valence-corrected chi connectivity index (χ2v) is 6.32. The van der Waals surface area contributed by atoms with Gasteiger partial charge in [-0.25, -0.2) is 4.39 Å². The molecule has 3 heteroatoms. The molecular formula is C20H27FN2. The average Bonchev–Trinajstić information content (AvgIpc) is 2.53. The van der Waals surface area contributed by atoms with Crippen LogP contribution in [0.2, 0.25) is 0 Å². The van der Waals surface area contributed by atoms with Gasteiger partial charge >= 0.3 is 0 Å². The molecule has 0 unspecified atom stereocenters. The lowest BCUT2D eigenvalue weighted by Gasteiger charge is -2.24. The van der Waals surface area contributed by atoms with Gasteiger partial charge in [0.15, 0.2) is 0 Å². The van der Waals surface area contributed by atoms with Gasteiger partial charge in [0.05, 0.1) is 0 Å². The van der Waals surface area contributed by atoms with Gasteiger partial charge in [0.2, 0.25) is 0 Å². The highest BCUT2D eigenvalue weighted by atomic mass is 19.1. The number of nitrogens with zero attached hydrogens (tertiary/aromatic N) is 2. The minimum Gasteiger partial charge on any atom is -0.308 e. The van der Waals surface area contributed by atoms with E-state index in [4.69, 9.17) is 0 Å². The standard InChI is InChI=1S/C20H27FN2/c1-4-17-7-5-8-18(13-17)15-23(12-11-22(2)3)16-19-9-6-10-20(21)14-19/h5-10,13-14H,4,11-12,15-16H2,1-3H3. The van der Waals surface area contributed by atoms with Gasteiger partial charge in [-0.1, -0.05) is 43.3 Å². The van der Waals surface area contributed by atoms with Crippen molar-refractivity contribution in [2.45, 2.75) is 26.4 Å². The van der Waals surface area contributed by atoms with Crippen molar-refractivity contribution in [3.63, 3.8) is 0 Å². The first-order valence-electron chi connectivity index (χ1n) is 8.26. The summed E-state index contributed by atoms with van der Waals surface area (Å²) < 4.78 is 13.4. The molecule has 23 heavy (non-hydrogen) atoms. The summed E-state index contributed by atoms with van der Waals surface area (Å²) in [6.07, 6.45) is 1.05. The summed E-state index contributed by atoms with van der Waals surface area (Å²) >= 11 is 0. The van der Waals surface area contributed by atoms with E-state index in [0.29, 0.717) is 0 Å². The quantitative estimate of drug-likeness (QED) is 0.728. The molecule has 2 rings (SSSR count). The Morgan fingerprint density at radius 3 is 2.04 bits per heavy atom. The van der Waals surface area contributed by atoms with Crippen LogP contribution in [-0.2, 0) is 19.5 Å². The van der Waals surface area contributed by atoms with E-state index in [9.17, 15) is 4.39 Å². The molecule has 2 aromatic carbocycles. The maximum Gasteiger partial charge on any atom is 0.123 e. The van der Waals surface area contributed by atoms with Crippen molar-refractivity contribution in [3.8, 4) is 0 Å². The molecule has 124 valence electrons. The van der Waals surface area contributed by atoms with E-state index in [1.54, 1.807) is 12.1 Å². The zero-order valence-electron chi connectivity index (χ0n) is 14.4. The molecule has 0 amide bonds. The molecule has 0 aliphatic heterocycles. The summed E-state index contributed by atoms with van der Waals surface area (Å²) in [4.78, 5) is 4.56. The average molecular weight is 314 g/mol. The smallest absolute Gasteiger partial charge is 0.123 e. The first kappa shape index (κ1) is 17.6.